The highest BCUT2D eigenvalue weighted by Gasteiger charge is 2.20. The minimum absolute atomic E-state index is 0.756. The molecule has 2 aromatic rings. The summed E-state index contributed by atoms with van der Waals surface area (Å²) in [7, 11) is 0. The summed E-state index contributed by atoms with van der Waals surface area (Å²) in [5, 5.41) is 0. The monoisotopic (exact) mass is 339 g/mol. The van der Waals surface area contributed by atoms with Crippen LogP contribution in [0.2, 0.25) is 0 Å². The lowest BCUT2D eigenvalue weighted by molar-refractivity contribution is 0.122. The van der Waals surface area contributed by atoms with Crippen LogP contribution in [-0.2, 0) is 11.3 Å². The van der Waals surface area contributed by atoms with E-state index < -0.39 is 0 Å². The van der Waals surface area contributed by atoms with Crippen LogP contribution < -0.4 is 9.80 Å². The summed E-state index contributed by atoms with van der Waals surface area (Å²) >= 11 is 0. The van der Waals surface area contributed by atoms with Gasteiger partial charge in [-0.05, 0) is 11.6 Å². The number of morpholine rings is 1. The van der Waals surface area contributed by atoms with E-state index >= 15 is 0 Å². The largest absolute Gasteiger partial charge is 0.378 e. The number of anilines is 2. The Morgan fingerprint density at radius 1 is 0.840 bits per heavy atom. The molecule has 0 radical (unpaired) electrons. The molecular weight excluding hydrogens is 314 g/mol. The van der Waals surface area contributed by atoms with Gasteiger partial charge in [0, 0.05) is 52.0 Å². The van der Waals surface area contributed by atoms with Gasteiger partial charge < -0.3 is 14.5 Å². The quantitative estimate of drug-likeness (QED) is 0.844. The molecular formula is C19H25N5O. The molecule has 0 bridgehead atoms. The number of ether oxygens (including phenoxy) is 1. The Bertz CT molecular complexity index is 667. The lowest BCUT2D eigenvalue weighted by Gasteiger charge is -2.36. The molecule has 1 aromatic carbocycles. The molecule has 0 atom stereocenters. The fourth-order valence-corrected chi connectivity index (χ4v) is 3.41. The summed E-state index contributed by atoms with van der Waals surface area (Å²) in [6, 6.07) is 12.7. The summed E-state index contributed by atoms with van der Waals surface area (Å²) in [6.45, 7) is 8.41. The maximum absolute atomic E-state index is 5.42. The Hall–Kier alpha value is -2.18. The van der Waals surface area contributed by atoms with Crippen LogP contribution in [0.1, 0.15) is 5.56 Å². The Balaban J connectivity index is 1.36. The van der Waals surface area contributed by atoms with E-state index in [-0.39, 0.29) is 0 Å². The Morgan fingerprint density at radius 3 is 2.36 bits per heavy atom. The van der Waals surface area contributed by atoms with E-state index in [0.29, 0.717) is 0 Å². The summed E-state index contributed by atoms with van der Waals surface area (Å²) in [4.78, 5) is 16.3. The highest BCUT2D eigenvalue weighted by molar-refractivity contribution is 5.44. The van der Waals surface area contributed by atoms with E-state index in [0.717, 1.165) is 70.8 Å². The van der Waals surface area contributed by atoms with Crippen LogP contribution in [0, 0.1) is 0 Å². The molecule has 0 unspecified atom stereocenters. The van der Waals surface area contributed by atoms with Crippen LogP contribution in [0.15, 0.2) is 42.6 Å². The van der Waals surface area contributed by atoms with Crippen LogP contribution in [0.4, 0.5) is 11.8 Å². The SMILES string of the molecule is c1ccc(CN2CCN(c3ccnc(N4CCOCC4)n3)CC2)cc1. The molecule has 2 aliphatic heterocycles. The molecule has 25 heavy (non-hydrogen) atoms. The van der Waals surface area contributed by atoms with Crippen LogP contribution in [-0.4, -0.2) is 67.4 Å². The second-order valence-electron chi connectivity index (χ2n) is 6.56. The molecule has 2 aliphatic rings. The van der Waals surface area contributed by atoms with E-state index in [1.54, 1.807) is 0 Å². The minimum atomic E-state index is 0.756. The fourth-order valence-electron chi connectivity index (χ4n) is 3.41. The van der Waals surface area contributed by atoms with Gasteiger partial charge in [-0.3, -0.25) is 4.90 Å². The van der Waals surface area contributed by atoms with Crippen molar-refractivity contribution in [1.29, 1.82) is 0 Å². The van der Waals surface area contributed by atoms with Crippen LogP contribution in [0.25, 0.3) is 0 Å². The maximum Gasteiger partial charge on any atom is 0.227 e. The van der Waals surface area contributed by atoms with Gasteiger partial charge in [0.15, 0.2) is 0 Å². The number of hydrogen-bond donors (Lipinski definition) is 0. The highest BCUT2D eigenvalue weighted by atomic mass is 16.5. The predicted molar refractivity (Wildman–Crippen MR) is 99.0 cm³/mol. The Morgan fingerprint density at radius 2 is 1.60 bits per heavy atom. The molecule has 0 spiro atoms. The third-order valence-electron chi connectivity index (χ3n) is 4.87. The van der Waals surface area contributed by atoms with E-state index in [9.17, 15) is 0 Å². The topological polar surface area (TPSA) is 44.7 Å². The Labute approximate surface area is 149 Å². The predicted octanol–water partition coefficient (Wildman–Crippen LogP) is 1.64. The van der Waals surface area contributed by atoms with Crippen molar-refractivity contribution in [2.24, 2.45) is 0 Å². The number of piperazine rings is 1. The third kappa shape index (κ3) is 4.08. The van der Waals surface area contributed by atoms with Crippen molar-refractivity contribution < 1.29 is 4.74 Å². The van der Waals surface area contributed by atoms with Gasteiger partial charge in [0.2, 0.25) is 5.95 Å². The molecule has 0 N–H and O–H groups in total. The van der Waals surface area contributed by atoms with Crippen molar-refractivity contribution in [3.8, 4) is 0 Å². The lowest BCUT2D eigenvalue weighted by atomic mass is 10.2. The number of aromatic nitrogens is 2. The first-order valence-electron chi connectivity index (χ1n) is 9.05. The maximum atomic E-state index is 5.42. The summed E-state index contributed by atoms with van der Waals surface area (Å²) in [5.41, 5.74) is 1.38. The van der Waals surface area contributed by atoms with Crippen molar-refractivity contribution in [2.75, 3.05) is 62.3 Å². The van der Waals surface area contributed by atoms with Gasteiger partial charge in [0.25, 0.3) is 0 Å². The van der Waals surface area contributed by atoms with Crippen LogP contribution >= 0.6 is 0 Å². The second kappa shape index (κ2) is 7.80. The van der Waals surface area contributed by atoms with Crippen molar-refractivity contribution in [1.82, 2.24) is 14.9 Å². The van der Waals surface area contributed by atoms with Crippen LogP contribution in [0.3, 0.4) is 0 Å². The van der Waals surface area contributed by atoms with Crippen molar-refractivity contribution in [3.63, 3.8) is 0 Å². The standard InChI is InChI=1S/C19H25N5O/c1-2-4-17(5-3-1)16-22-8-10-23(11-9-22)18-6-7-20-19(21-18)24-12-14-25-15-13-24/h1-7H,8-16H2. The molecule has 0 saturated carbocycles. The summed E-state index contributed by atoms with van der Waals surface area (Å²) < 4.78 is 5.42. The van der Waals surface area contributed by atoms with Gasteiger partial charge in [-0.2, -0.15) is 4.98 Å². The normalized spacial score (nSPS) is 19.2. The molecule has 6 nitrogen and oxygen atoms in total. The van der Waals surface area contributed by atoms with E-state index in [4.69, 9.17) is 9.72 Å². The molecule has 2 saturated heterocycles. The average Bonchev–Trinajstić information content (AvgIpc) is 2.70. The number of benzene rings is 1. The number of hydrogen-bond acceptors (Lipinski definition) is 6. The molecule has 0 aliphatic carbocycles. The van der Waals surface area contributed by atoms with Gasteiger partial charge in [-0.15, -0.1) is 0 Å². The first-order valence-corrected chi connectivity index (χ1v) is 9.05. The highest BCUT2D eigenvalue weighted by Crippen LogP contribution is 2.18. The van der Waals surface area contributed by atoms with Crippen molar-refractivity contribution >= 4 is 11.8 Å². The fraction of sp³-hybridized carbons (Fsp3) is 0.474. The van der Waals surface area contributed by atoms with Gasteiger partial charge in [-0.1, -0.05) is 30.3 Å². The third-order valence-corrected chi connectivity index (χ3v) is 4.87. The molecule has 3 heterocycles. The minimum Gasteiger partial charge on any atom is -0.378 e. The first-order chi connectivity index (χ1) is 12.4. The zero-order valence-electron chi connectivity index (χ0n) is 14.5. The lowest BCUT2D eigenvalue weighted by Crippen LogP contribution is -2.46. The number of rotatable bonds is 4. The van der Waals surface area contributed by atoms with Crippen molar-refractivity contribution in [2.45, 2.75) is 6.54 Å². The van der Waals surface area contributed by atoms with Crippen molar-refractivity contribution in [3.05, 3.63) is 48.2 Å². The summed E-state index contributed by atoms with van der Waals surface area (Å²) in [5.74, 6) is 1.86. The van der Waals surface area contributed by atoms with Gasteiger partial charge in [0.1, 0.15) is 5.82 Å². The molecule has 6 heteroatoms. The van der Waals surface area contributed by atoms with Crippen LogP contribution in [0.5, 0.6) is 0 Å². The molecule has 0 amide bonds. The molecule has 4 rings (SSSR count). The van der Waals surface area contributed by atoms with Gasteiger partial charge in [0.05, 0.1) is 13.2 Å². The molecule has 2 fully saturated rings. The smallest absolute Gasteiger partial charge is 0.227 e. The molecule has 132 valence electrons. The Kier molecular flexibility index (Phi) is 5.09. The van der Waals surface area contributed by atoms with Gasteiger partial charge >= 0.3 is 0 Å². The zero-order valence-corrected chi connectivity index (χ0v) is 14.5. The number of nitrogens with zero attached hydrogens (tertiary/aromatic N) is 5. The first kappa shape index (κ1) is 16.3. The average molecular weight is 339 g/mol. The van der Waals surface area contributed by atoms with Gasteiger partial charge in [-0.25, -0.2) is 4.98 Å². The summed E-state index contributed by atoms with van der Waals surface area (Å²) in [6.07, 6.45) is 1.88. The van der Waals surface area contributed by atoms with E-state index in [1.165, 1.54) is 5.56 Å². The molecule has 1 aromatic heterocycles. The zero-order chi connectivity index (χ0) is 16.9. The second-order valence-corrected chi connectivity index (χ2v) is 6.56. The van der Waals surface area contributed by atoms with E-state index in [2.05, 4.69) is 50.0 Å². The van der Waals surface area contributed by atoms with E-state index in [1.807, 2.05) is 12.3 Å².